The van der Waals surface area contributed by atoms with E-state index in [9.17, 15) is 14.7 Å². The van der Waals surface area contributed by atoms with Crippen LogP contribution in [0.25, 0.3) is 0 Å². The molecule has 138 valence electrons. The van der Waals surface area contributed by atoms with Crippen molar-refractivity contribution in [1.82, 2.24) is 5.32 Å². The maximum atomic E-state index is 12.3. The fraction of sp³-hybridized carbons (Fsp3) is 0.300. The van der Waals surface area contributed by atoms with Crippen molar-refractivity contribution in [1.29, 1.82) is 0 Å². The van der Waals surface area contributed by atoms with Gasteiger partial charge in [-0.2, -0.15) is 0 Å². The summed E-state index contributed by atoms with van der Waals surface area (Å²) >= 11 is 0. The molecule has 2 aromatic rings. The normalized spacial score (nSPS) is 12.9. The van der Waals surface area contributed by atoms with E-state index in [1.807, 2.05) is 6.07 Å². The molecule has 2 aromatic carbocycles. The predicted molar refractivity (Wildman–Crippen MR) is 96.4 cm³/mol. The molecule has 0 heterocycles. The van der Waals surface area contributed by atoms with Gasteiger partial charge in [-0.3, -0.25) is 14.9 Å². The summed E-state index contributed by atoms with van der Waals surface area (Å²) < 4.78 is 10.3. The van der Waals surface area contributed by atoms with Crippen molar-refractivity contribution in [3.63, 3.8) is 0 Å². The highest BCUT2D eigenvalue weighted by molar-refractivity contribution is 5.77. The van der Waals surface area contributed by atoms with Crippen molar-refractivity contribution < 1.29 is 24.2 Å². The summed E-state index contributed by atoms with van der Waals surface area (Å²) in [6.45, 7) is 3.46. The molecular weight excluding hydrogens is 334 g/mol. The van der Waals surface area contributed by atoms with Crippen LogP contribution in [-0.2, 0) is 20.9 Å². The fourth-order valence-corrected chi connectivity index (χ4v) is 2.52. The second-order valence-corrected chi connectivity index (χ2v) is 5.67. The Morgan fingerprint density at radius 3 is 2.38 bits per heavy atom. The third-order valence-corrected chi connectivity index (χ3v) is 3.74. The summed E-state index contributed by atoms with van der Waals surface area (Å²) in [7, 11) is 0. The van der Waals surface area contributed by atoms with Crippen molar-refractivity contribution in [2.75, 3.05) is 6.61 Å². The predicted octanol–water partition coefficient (Wildman–Crippen LogP) is 2.37. The van der Waals surface area contributed by atoms with Crippen LogP contribution >= 0.6 is 0 Å². The second-order valence-electron chi connectivity index (χ2n) is 5.67. The lowest BCUT2D eigenvalue weighted by Crippen LogP contribution is -2.42. The van der Waals surface area contributed by atoms with E-state index in [1.54, 1.807) is 55.5 Å². The number of esters is 2. The quantitative estimate of drug-likeness (QED) is 0.557. The zero-order chi connectivity index (χ0) is 18.9. The Morgan fingerprint density at radius 2 is 1.73 bits per heavy atom. The average Bonchev–Trinajstić information content (AvgIpc) is 2.63. The van der Waals surface area contributed by atoms with E-state index >= 15 is 0 Å². The highest BCUT2D eigenvalue weighted by Crippen LogP contribution is 2.21. The van der Waals surface area contributed by atoms with E-state index < -0.39 is 24.1 Å². The highest BCUT2D eigenvalue weighted by Gasteiger charge is 2.29. The third kappa shape index (κ3) is 5.40. The minimum Gasteiger partial charge on any atom is -0.465 e. The van der Waals surface area contributed by atoms with Crippen molar-refractivity contribution in [3.05, 3.63) is 65.7 Å². The van der Waals surface area contributed by atoms with Crippen LogP contribution in [0.2, 0.25) is 0 Å². The lowest BCUT2D eigenvalue weighted by atomic mass is 10.0. The van der Waals surface area contributed by atoms with Crippen molar-refractivity contribution >= 4 is 11.9 Å². The van der Waals surface area contributed by atoms with Crippen LogP contribution in [0.15, 0.2) is 54.6 Å². The van der Waals surface area contributed by atoms with Gasteiger partial charge in [0.15, 0.2) is 0 Å². The van der Waals surface area contributed by atoms with Crippen LogP contribution in [-0.4, -0.2) is 29.7 Å². The van der Waals surface area contributed by atoms with Crippen LogP contribution in [0.3, 0.4) is 0 Å². The summed E-state index contributed by atoms with van der Waals surface area (Å²) in [6.07, 6.45) is -1.07. The molecule has 0 fully saturated rings. The zero-order valence-electron chi connectivity index (χ0n) is 14.8. The highest BCUT2D eigenvalue weighted by atomic mass is 16.5. The zero-order valence-corrected chi connectivity index (χ0v) is 14.8. The number of aliphatic hydroxyl groups excluding tert-OH is 1. The third-order valence-electron chi connectivity index (χ3n) is 3.74. The molecule has 2 rings (SSSR count). The number of aliphatic hydroxyl groups is 1. The SMILES string of the molecule is CCOC(=O)C(NCc1ccccc1OC(C)=O)C(O)c1ccccc1. The van der Waals surface area contributed by atoms with Gasteiger partial charge in [0.1, 0.15) is 17.9 Å². The molecule has 0 spiro atoms. The number of para-hydroxylation sites is 1. The number of hydrogen-bond acceptors (Lipinski definition) is 6. The molecule has 26 heavy (non-hydrogen) atoms. The summed E-state index contributed by atoms with van der Waals surface area (Å²) in [4.78, 5) is 23.5. The van der Waals surface area contributed by atoms with E-state index in [2.05, 4.69) is 5.32 Å². The first-order valence-electron chi connectivity index (χ1n) is 8.42. The number of carbonyl (C=O) groups excluding carboxylic acids is 2. The van der Waals surface area contributed by atoms with Gasteiger partial charge < -0.3 is 14.6 Å². The molecule has 6 heteroatoms. The monoisotopic (exact) mass is 357 g/mol. The Labute approximate surface area is 152 Å². The van der Waals surface area contributed by atoms with Gasteiger partial charge in [0.2, 0.25) is 0 Å². The Morgan fingerprint density at radius 1 is 1.08 bits per heavy atom. The van der Waals surface area contributed by atoms with E-state index in [-0.39, 0.29) is 13.2 Å². The van der Waals surface area contributed by atoms with Gasteiger partial charge in [-0.25, -0.2) is 0 Å². The molecule has 0 aromatic heterocycles. The van der Waals surface area contributed by atoms with Crippen molar-refractivity contribution in [2.24, 2.45) is 0 Å². The van der Waals surface area contributed by atoms with Crippen molar-refractivity contribution in [3.8, 4) is 5.75 Å². The maximum absolute atomic E-state index is 12.3. The lowest BCUT2D eigenvalue weighted by molar-refractivity contribution is -0.149. The molecule has 0 aliphatic carbocycles. The molecule has 2 unspecified atom stereocenters. The molecule has 0 radical (unpaired) electrons. The number of ether oxygens (including phenoxy) is 2. The van der Waals surface area contributed by atoms with Crippen LogP contribution in [0, 0.1) is 0 Å². The summed E-state index contributed by atoms with van der Waals surface area (Å²) in [5.41, 5.74) is 1.29. The van der Waals surface area contributed by atoms with Gasteiger partial charge in [0.25, 0.3) is 0 Å². The number of carbonyl (C=O) groups is 2. The summed E-state index contributed by atoms with van der Waals surface area (Å²) in [6, 6.07) is 14.9. The summed E-state index contributed by atoms with van der Waals surface area (Å²) in [5, 5.41) is 13.6. The van der Waals surface area contributed by atoms with E-state index in [0.717, 1.165) is 0 Å². The van der Waals surface area contributed by atoms with Gasteiger partial charge in [-0.1, -0.05) is 48.5 Å². The van der Waals surface area contributed by atoms with Crippen molar-refractivity contribution in [2.45, 2.75) is 32.5 Å². The lowest BCUT2D eigenvalue weighted by Gasteiger charge is -2.23. The Balaban J connectivity index is 2.17. The largest absolute Gasteiger partial charge is 0.465 e. The molecule has 2 atom stereocenters. The molecule has 0 bridgehead atoms. The molecule has 0 saturated heterocycles. The molecule has 6 nitrogen and oxygen atoms in total. The minimum atomic E-state index is -1.07. The van der Waals surface area contributed by atoms with E-state index in [0.29, 0.717) is 16.9 Å². The first-order valence-corrected chi connectivity index (χ1v) is 8.42. The van der Waals surface area contributed by atoms with Gasteiger partial charge in [-0.05, 0) is 18.6 Å². The molecule has 0 saturated carbocycles. The molecule has 0 aliphatic heterocycles. The number of rotatable bonds is 8. The van der Waals surface area contributed by atoms with Gasteiger partial charge in [0.05, 0.1) is 6.61 Å². The van der Waals surface area contributed by atoms with Crippen LogP contribution in [0.5, 0.6) is 5.75 Å². The Bertz CT molecular complexity index is 732. The summed E-state index contributed by atoms with van der Waals surface area (Å²) in [5.74, 6) is -0.568. The van der Waals surface area contributed by atoms with Crippen LogP contribution in [0.1, 0.15) is 31.1 Å². The van der Waals surface area contributed by atoms with Gasteiger partial charge in [-0.15, -0.1) is 0 Å². The molecular formula is C20H23NO5. The molecule has 0 aliphatic rings. The second kappa shape index (κ2) is 9.70. The van der Waals surface area contributed by atoms with E-state index in [4.69, 9.17) is 9.47 Å². The minimum absolute atomic E-state index is 0.211. The maximum Gasteiger partial charge on any atom is 0.326 e. The average molecular weight is 357 g/mol. The number of nitrogens with one attached hydrogen (secondary N) is 1. The topological polar surface area (TPSA) is 84.9 Å². The van der Waals surface area contributed by atoms with Crippen LogP contribution in [0.4, 0.5) is 0 Å². The Hall–Kier alpha value is -2.70. The standard InChI is InChI=1S/C20H23NO5/c1-3-25-20(24)18(19(23)15-9-5-4-6-10-15)21-13-16-11-7-8-12-17(16)26-14(2)22/h4-12,18-19,21,23H,3,13H2,1-2H3. The first-order chi connectivity index (χ1) is 12.5. The van der Waals surface area contributed by atoms with Crippen LogP contribution < -0.4 is 10.1 Å². The van der Waals surface area contributed by atoms with Gasteiger partial charge >= 0.3 is 11.9 Å². The number of hydrogen-bond donors (Lipinski definition) is 2. The first kappa shape index (κ1) is 19.6. The molecule has 2 N–H and O–H groups in total. The smallest absolute Gasteiger partial charge is 0.326 e. The fourth-order valence-electron chi connectivity index (χ4n) is 2.52. The van der Waals surface area contributed by atoms with E-state index in [1.165, 1.54) is 6.92 Å². The Kier molecular flexibility index (Phi) is 7.32. The number of benzene rings is 2. The molecule has 0 amide bonds. The van der Waals surface area contributed by atoms with Gasteiger partial charge in [0, 0.05) is 19.0 Å².